The van der Waals surface area contributed by atoms with Gasteiger partial charge in [-0.3, -0.25) is 14.6 Å². The molecule has 0 atom stereocenters. The van der Waals surface area contributed by atoms with Gasteiger partial charge in [0.25, 0.3) is 0 Å². The number of nitrogens with one attached hydrogen (secondary N) is 2. The number of likely N-dealkylation sites (N-methyl/N-ethyl adjacent to an activating group) is 2. The van der Waals surface area contributed by atoms with E-state index in [1.807, 2.05) is 0 Å². The molecule has 2 heterocycles. The Balaban J connectivity index is 1.82. The molecule has 1 aliphatic rings. The minimum Gasteiger partial charge on any atom is -0.494 e. The molecule has 11 heteroatoms. The van der Waals surface area contributed by atoms with Crippen LogP contribution in [0.5, 0.6) is 5.88 Å². The number of hydrogen-bond donors (Lipinski definition) is 3. The fraction of sp³-hybridized carbons (Fsp3) is 0.208. The second kappa shape index (κ2) is 9.61. The van der Waals surface area contributed by atoms with E-state index in [0.717, 1.165) is 9.21 Å². The van der Waals surface area contributed by atoms with Crippen molar-refractivity contribution in [1.82, 2.24) is 19.5 Å². The van der Waals surface area contributed by atoms with Crippen LogP contribution >= 0.6 is 0 Å². The summed E-state index contributed by atoms with van der Waals surface area (Å²) in [6.07, 6.45) is 1.43. The van der Waals surface area contributed by atoms with Gasteiger partial charge in [0, 0.05) is 31.3 Å². The number of nitrogens with zero attached hydrogens (tertiary/aromatic N) is 3. The van der Waals surface area contributed by atoms with Crippen LogP contribution < -0.4 is 5.32 Å². The van der Waals surface area contributed by atoms with E-state index in [2.05, 4.69) is 27.1 Å². The minimum absolute atomic E-state index is 0.0389. The molecule has 180 valence electrons. The molecule has 3 aromatic rings. The van der Waals surface area contributed by atoms with Crippen molar-refractivity contribution in [3.05, 3.63) is 53.6 Å². The lowest BCUT2D eigenvalue weighted by molar-refractivity contribution is -0.134. The average Bonchev–Trinajstić information content (AvgIpc) is 3.15. The maximum Gasteiger partial charge on any atom is 0.243 e. The largest absolute Gasteiger partial charge is 0.494 e. The maximum absolute atomic E-state index is 13.0. The normalized spacial score (nSPS) is 17.1. The summed E-state index contributed by atoms with van der Waals surface area (Å²) in [7, 11) is -1.29. The van der Waals surface area contributed by atoms with Gasteiger partial charge < -0.3 is 20.3 Å². The smallest absolute Gasteiger partial charge is 0.243 e. The van der Waals surface area contributed by atoms with Crippen molar-refractivity contribution in [2.45, 2.75) is 4.90 Å². The zero-order valence-electron chi connectivity index (χ0n) is 19.1. The molecular formula is C24H23N5O5S. The molecule has 1 aromatic heterocycles. The molecule has 10 nitrogen and oxygen atoms in total. The molecule has 2 bridgehead atoms. The number of H-pyrrole nitrogens is 1. The van der Waals surface area contributed by atoms with Crippen LogP contribution in [0.1, 0.15) is 11.1 Å². The maximum atomic E-state index is 13.0. The molecule has 1 aliphatic heterocycles. The number of rotatable bonds is 0. The van der Waals surface area contributed by atoms with Gasteiger partial charge in [0.15, 0.2) is 5.88 Å². The lowest BCUT2D eigenvalue weighted by atomic mass is 10.1. The summed E-state index contributed by atoms with van der Waals surface area (Å²) < 4.78 is 27.0. The van der Waals surface area contributed by atoms with E-state index in [1.165, 1.54) is 32.4 Å². The predicted molar refractivity (Wildman–Crippen MR) is 131 cm³/mol. The number of hydrogen-bond acceptors (Lipinski definition) is 6. The number of benzene rings is 2. The van der Waals surface area contributed by atoms with E-state index in [1.54, 1.807) is 30.3 Å². The lowest BCUT2D eigenvalue weighted by Crippen LogP contribution is -2.43. The number of aromatic amines is 1. The Morgan fingerprint density at radius 3 is 2.66 bits per heavy atom. The molecule has 3 N–H and O–H groups in total. The Labute approximate surface area is 202 Å². The molecule has 0 fully saturated rings. The van der Waals surface area contributed by atoms with Crippen LogP contribution in [0.2, 0.25) is 0 Å². The van der Waals surface area contributed by atoms with Gasteiger partial charge in [-0.2, -0.15) is 4.31 Å². The van der Waals surface area contributed by atoms with Crippen molar-refractivity contribution >= 4 is 44.6 Å². The van der Waals surface area contributed by atoms with Gasteiger partial charge in [-0.1, -0.05) is 24.0 Å². The van der Waals surface area contributed by atoms with Crippen LogP contribution in [0.25, 0.3) is 10.9 Å². The Bertz CT molecular complexity index is 1510. The third kappa shape index (κ3) is 5.03. The molecule has 2 amide bonds. The highest BCUT2D eigenvalue weighted by atomic mass is 32.2. The molecule has 2 aromatic carbocycles. The van der Waals surface area contributed by atoms with Gasteiger partial charge in [0.1, 0.15) is 0 Å². The number of aromatic hydroxyl groups is 1. The van der Waals surface area contributed by atoms with Crippen molar-refractivity contribution in [1.29, 1.82) is 0 Å². The topological polar surface area (TPSA) is 135 Å². The number of sulfonamides is 1. The molecule has 0 aliphatic carbocycles. The summed E-state index contributed by atoms with van der Waals surface area (Å²) in [5.41, 5.74) is 1.99. The summed E-state index contributed by atoms with van der Waals surface area (Å²) >= 11 is 0. The number of aromatic nitrogens is 1. The van der Waals surface area contributed by atoms with Gasteiger partial charge in [0.2, 0.25) is 21.8 Å². The van der Waals surface area contributed by atoms with Gasteiger partial charge in [-0.25, -0.2) is 8.42 Å². The fourth-order valence-corrected chi connectivity index (χ4v) is 4.73. The second-order valence-corrected chi connectivity index (χ2v) is 10.0. The summed E-state index contributed by atoms with van der Waals surface area (Å²) in [5, 5.41) is 13.7. The average molecular weight is 494 g/mol. The zero-order valence-corrected chi connectivity index (χ0v) is 19.9. The van der Waals surface area contributed by atoms with Crippen LogP contribution in [0.15, 0.2) is 52.4 Å². The van der Waals surface area contributed by atoms with Gasteiger partial charge in [0.05, 0.1) is 41.3 Å². The Hall–Kier alpha value is -4.14. The van der Waals surface area contributed by atoms with Crippen molar-refractivity contribution in [2.24, 2.45) is 4.99 Å². The highest BCUT2D eigenvalue weighted by molar-refractivity contribution is 7.89. The number of carbonyl (C=O) groups excluding carboxylic acids is 2. The Morgan fingerprint density at radius 1 is 1.09 bits per heavy atom. The molecular weight excluding hydrogens is 470 g/mol. The highest BCUT2D eigenvalue weighted by Crippen LogP contribution is 2.29. The molecule has 35 heavy (non-hydrogen) atoms. The van der Waals surface area contributed by atoms with Crippen molar-refractivity contribution in [2.75, 3.05) is 33.7 Å². The second-order valence-electron chi connectivity index (χ2n) is 7.96. The summed E-state index contributed by atoms with van der Waals surface area (Å²) in [6.45, 7) is -0.649. The summed E-state index contributed by atoms with van der Waals surface area (Å²) in [6, 6.07) is 11.3. The molecule has 0 saturated carbocycles. The first kappa shape index (κ1) is 24.0. The number of amides is 2. The molecule has 0 saturated heterocycles. The molecule has 4 rings (SSSR count). The van der Waals surface area contributed by atoms with E-state index in [9.17, 15) is 23.1 Å². The summed E-state index contributed by atoms with van der Waals surface area (Å²) in [4.78, 5) is 33.1. The van der Waals surface area contributed by atoms with Crippen LogP contribution in [-0.4, -0.2) is 79.5 Å². The predicted octanol–water partition coefficient (Wildman–Crippen LogP) is 1.18. The van der Waals surface area contributed by atoms with E-state index in [-0.39, 0.29) is 23.9 Å². The van der Waals surface area contributed by atoms with E-state index >= 15 is 0 Å². The monoisotopic (exact) mass is 493 g/mol. The third-order valence-corrected chi connectivity index (χ3v) is 7.27. The van der Waals surface area contributed by atoms with Crippen LogP contribution in [0.4, 0.5) is 5.69 Å². The van der Waals surface area contributed by atoms with Crippen LogP contribution in [0, 0.1) is 11.8 Å². The van der Waals surface area contributed by atoms with E-state index in [0.29, 0.717) is 27.7 Å². The number of aliphatic imine (C=N–C) groups is 1. The lowest BCUT2D eigenvalue weighted by Gasteiger charge is -2.21. The first-order valence-corrected chi connectivity index (χ1v) is 12.0. The Morgan fingerprint density at radius 2 is 1.86 bits per heavy atom. The number of carbonyl (C=O) groups is 2. The fourth-order valence-electron chi connectivity index (χ4n) is 3.57. The SMILES string of the molecule is CN1CC(=O)NCC#Cc2cccc3[nH]c(O)c(c23)C=Nc2cccc(c2)S(=O)(=O)N(C)CC1=O. The van der Waals surface area contributed by atoms with Gasteiger partial charge in [-0.05, 0) is 30.3 Å². The Kier molecular flexibility index (Phi) is 6.59. The van der Waals surface area contributed by atoms with Crippen molar-refractivity contribution in [3.8, 4) is 17.7 Å². The molecule has 0 spiro atoms. The van der Waals surface area contributed by atoms with Gasteiger partial charge >= 0.3 is 0 Å². The first-order chi connectivity index (χ1) is 16.7. The zero-order chi connectivity index (χ0) is 25.2. The summed E-state index contributed by atoms with van der Waals surface area (Å²) in [5.74, 6) is 4.79. The molecule has 0 unspecified atom stereocenters. The van der Waals surface area contributed by atoms with E-state index in [4.69, 9.17) is 0 Å². The van der Waals surface area contributed by atoms with Gasteiger partial charge in [-0.15, -0.1) is 0 Å². The van der Waals surface area contributed by atoms with Crippen molar-refractivity contribution < 1.29 is 23.1 Å². The quantitative estimate of drug-likeness (QED) is 0.404. The molecule has 0 radical (unpaired) electrons. The number of fused-ring (bicyclic) bond motifs is 2. The highest BCUT2D eigenvalue weighted by Gasteiger charge is 2.25. The first-order valence-electron chi connectivity index (χ1n) is 10.6. The van der Waals surface area contributed by atoms with Crippen molar-refractivity contribution in [3.63, 3.8) is 0 Å². The van der Waals surface area contributed by atoms with Crippen LogP contribution in [0.3, 0.4) is 0 Å². The third-order valence-electron chi connectivity index (χ3n) is 5.47. The minimum atomic E-state index is -4.00. The van der Waals surface area contributed by atoms with E-state index < -0.39 is 28.4 Å². The van der Waals surface area contributed by atoms with Crippen LogP contribution in [-0.2, 0) is 19.6 Å². The standard InChI is InChI=1S/C24H23N5O5S/c1-28-14-21(30)25-11-5-7-16-6-3-10-20-23(16)19(24(32)27-20)13-26-17-8-4-9-18(12-17)35(33,34)29(2)15-22(28)31/h3-4,6,8-10,12-13,27,32H,11,14-15H2,1-2H3,(H,25,30).